The molecule has 2 amide bonds. The smallest absolute Gasteiger partial charge is 0.252 e. The summed E-state index contributed by atoms with van der Waals surface area (Å²) in [6, 6.07) is 5.82. The van der Waals surface area contributed by atoms with Gasteiger partial charge in [-0.1, -0.05) is 15.9 Å². The summed E-state index contributed by atoms with van der Waals surface area (Å²) < 4.78 is 1.83. The molecule has 0 atom stereocenters. The molecule has 0 saturated carbocycles. The summed E-state index contributed by atoms with van der Waals surface area (Å²) in [5.74, 6) is 0.0632. The Morgan fingerprint density at radius 1 is 1.35 bits per heavy atom. The van der Waals surface area contributed by atoms with Gasteiger partial charge >= 0.3 is 0 Å². The number of hydrogen-bond donors (Lipinski definition) is 1. The van der Waals surface area contributed by atoms with Gasteiger partial charge in [-0.3, -0.25) is 9.59 Å². The number of carbonyl (C=O) groups excluding carboxylic acids is 2. The molecule has 4 nitrogen and oxygen atoms in total. The Labute approximate surface area is 140 Å². The SMILES string of the molecule is CC(=O)N1CCC(NC(=O)c2cc(Br)ccc2I)CC1. The first kappa shape index (κ1) is 15.8. The van der Waals surface area contributed by atoms with Crippen LogP contribution in [0, 0.1) is 3.57 Å². The van der Waals surface area contributed by atoms with Crippen LogP contribution in [0.2, 0.25) is 0 Å². The monoisotopic (exact) mass is 450 g/mol. The molecular weight excluding hydrogens is 435 g/mol. The third-order valence-electron chi connectivity index (χ3n) is 3.45. The Bertz CT molecular complexity index is 528. The molecule has 1 aromatic rings. The second-order valence-corrected chi connectivity index (χ2v) is 6.96. The van der Waals surface area contributed by atoms with Crippen molar-refractivity contribution in [2.45, 2.75) is 25.8 Å². The van der Waals surface area contributed by atoms with Gasteiger partial charge in [0.25, 0.3) is 5.91 Å². The Balaban J connectivity index is 1.96. The summed E-state index contributed by atoms with van der Waals surface area (Å²) in [6.07, 6.45) is 1.63. The lowest BCUT2D eigenvalue weighted by Crippen LogP contribution is -2.46. The van der Waals surface area contributed by atoms with Crippen LogP contribution >= 0.6 is 38.5 Å². The van der Waals surface area contributed by atoms with Crippen LogP contribution in [0.15, 0.2) is 22.7 Å². The van der Waals surface area contributed by atoms with Gasteiger partial charge in [-0.2, -0.15) is 0 Å². The van der Waals surface area contributed by atoms with E-state index in [1.807, 2.05) is 23.1 Å². The minimum Gasteiger partial charge on any atom is -0.349 e. The predicted octanol–water partition coefficient (Wildman–Crippen LogP) is 2.79. The lowest BCUT2D eigenvalue weighted by atomic mass is 10.0. The maximum absolute atomic E-state index is 12.3. The number of amides is 2. The van der Waals surface area contributed by atoms with Crippen molar-refractivity contribution >= 4 is 50.3 Å². The first-order chi connectivity index (χ1) is 9.47. The van der Waals surface area contributed by atoms with Crippen LogP contribution in [0.5, 0.6) is 0 Å². The quantitative estimate of drug-likeness (QED) is 0.704. The predicted molar refractivity (Wildman–Crippen MR) is 89.6 cm³/mol. The number of piperidine rings is 1. The molecule has 1 fully saturated rings. The molecule has 1 aliphatic heterocycles. The zero-order valence-electron chi connectivity index (χ0n) is 11.2. The second-order valence-electron chi connectivity index (χ2n) is 4.88. The highest BCUT2D eigenvalue weighted by atomic mass is 127. The van der Waals surface area contributed by atoms with Crippen molar-refractivity contribution in [2.24, 2.45) is 0 Å². The van der Waals surface area contributed by atoms with Gasteiger partial charge in [-0.25, -0.2) is 0 Å². The average molecular weight is 451 g/mol. The van der Waals surface area contributed by atoms with E-state index in [1.54, 1.807) is 6.92 Å². The molecule has 1 aromatic carbocycles. The molecule has 0 aliphatic carbocycles. The maximum atomic E-state index is 12.3. The molecule has 1 aliphatic rings. The average Bonchev–Trinajstić information content (AvgIpc) is 2.42. The summed E-state index contributed by atoms with van der Waals surface area (Å²) in [6.45, 7) is 3.02. The van der Waals surface area contributed by atoms with Gasteiger partial charge < -0.3 is 10.2 Å². The highest BCUT2D eigenvalue weighted by Crippen LogP contribution is 2.19. The van der Waals surface area contributed by atoms with Crippen molar-refractivity contribution in [1.29, 1.82) is 0 Å². The largest absolute Gasteiger partial charge is 0.349 e. The summed E-state index contributed by atoms with van der Waals surface area (Å²) >= 11 is 5.55. The van der Waals surface area contributed by atoms with E-state index in [4.69, 9.17) is 0 Å². The van der Waals surface area contributed by atoms with Crippen LogP contribution < -0.4 is 5.32 Å². The van der Waals surface area contributed by atoms with Crippen LogP contribution in [0.4, 0.5) is 0 Å². The topological polar surface area (TPSA) is 49.4 Å². The minimum atomic E-state index is -0.0445. The number of nitrogens with zero attached hydrogens (tertiary/aromatic N) is 1. The van der Waals surface area contributed by atoms with E-state index in [-0.39, 0.29) is 17.9 Å². The lowest BCUT2D eigenvalue weighted by molar-refractivity contribution is -0.129. The van der Waals surface area contributed by atoms with E-state index in [0.29, 0.717) is 5.56 Å². The van der Waals surface area contributed by atoms with Crippen LogP contribution in [0.3, 0.4) is 0 Å². The van der Waals surface area contributed by atoms with Crippen LogP contribution in [0.1, 0.15) is 30.1 Å². The summed E-state index contributed by atoms with van der Waals surface area (Å²) in [7, 11) is 0. The Morgan fingerprint density at radius 3 is 2.60 bits per heavy atom. The lowest BCUT2D eigenvalue weighted by Gasteiger charge is -2.31. The van der Waals surface area contributed by atoms with Gasteiger partial charge in [0.15, 0.2) is 0 Å². The normalized spacial score (nSPS) is 16.1. The molecule has 6 heteroatoms. The fourth-order valence-electron chi connectivity index (χ4n) is 2.27. The highest BCUT2D eigenvalue weighted by Gasteiger charge is 2.23. The Kier molecular flexibility index (Phi) is 5.42. The van der Waals surface area contributed by atoms with Crippen molar-refractivity contribution in [2.75, 3.05) is 13.1 Å². The standard InChI is InChI=1S/C14H16BrIN2O2/c1-9(19)18-6-4-11(5-7-18)17-14(20)12-8-10(15)2-3-13(12)16/h2-3,8,11H,4-7H2,1H3,(H,17,20). The molecule has 1 saturated heterocycles. The number of benzene rings is 1. The zero-order chi connectivity index (χ0) is 14.7. The van der Waals surface area contributed by atoms with Gasteiger partial charge in [0.05, 0.1) is 5.56 Å². The van der Waals surface area contributed by atoms with Gasteiger partial charge in [-0.15, -0.1) is 0 Å². The zero-order valence-corrected chi connectivity index (χ0v) is 14.9. The van der Waals surface area contributed by atoms with E-state index in [0.717, 1.165) is 34.0 Å². The molecule has 0 radical (unpaired) electrons. The van der Waals surface area contributed by atoms with Crippen molar-refractivity contribution in [1.82, 2.24) is 10.2 Å². The minimum absolute atomic E-state index is 0.0445. The van der Waals surface area contributed by atoms with Crippen LogP contribution in [0.25, 0.3) is 0 Å². The highest BCUT2D eigenvalue weighted by molar-refractivity contribution is 14.1. The van der Waals surface area contributed by atoms with Crippen LogP contribution in [-0.4, -0.2) is 35.8 Å². The van der Waals surface area contributed by atoms with Gasteiger partial charge in [0.1, 0.15) is 0 Å². The number of halogens is 2. The summed E-state index contributed by atoms with van der Waals surface area (Å²) in [4.78, 5) is 25.4. The molecule has 0 aromatic heterocycles. The summed E-state index contributed by atoms with van der Waals surface area (Å²) in [5, 5.41) is 3.06. The van der Waals surface area contributed by atoms with Gasteiger partial charge in [0.2, 0.25) is 5.91 Å². The first-order valence-corrected chi connectivity index (χ1v) is 8.36. The Morgan fingerprint density at radius 2 is 2.00 bits per heavy atom. The molecular formula is C14H16BrIN2O2. The van der Waals surface area contributed by atoms with E-state index in [1.165, 1.54) is 0 Å². The maximum Gasteiger partial charge on any atom is 0.252 e. The Hall–Kier alpha value is -0.630. The van der Waals surface area contributed by atoms with Crippen molar-refractivity contribution in [3.8, 4) is 0 Å². The molecule has 2 rings (SSSR count). The van der Waals surface area contributed by atoms with E-state index < -0.39 is 0 Å². The fraction of sp³-hybridized carbons (Fsp3) is 0.429. The number of nitrogens with one attached hydrogen (secondary N) is 1. The van der Waals surface area contributed by atoms with E-state index in [2.05, 4.69) is 43.8 Å². The molecule has 108 valence electrons. The second kappa shape index (κ2) is 6.89. The number of carbonyl (C=O) groups is 2. The third-order valence-corrected chi connectivity index (χ3v) is 4.88. The van der Waals surface area contributed by atoms with Crippen LogP contribution in [-0.2, 0) is 4.79 Å². The summed E-state index contributed by atoms with van der Waals surface area (Å²) in [5.41, 5.74) is 0.689. The number of hydrogen-bond acceptors (Lipinski definition) is 2. The van der Waals surface area contributed by atoms with Gasteiger partial charge in [0, 0.05) is 34.1 Å². The fourth-order valence-corrected chi connectivity index (χ4v) is 3.21. The number of likely N-dealkylation sites (tertiary alicyclic amines) is 1. The van der Waals surface area contributed by atoms with Crippen molar-refractivity contribution in [3.05, 3.63) is 31.8 Å². The molecule has 0 spiro atoms. The first-order valence-electron chi connectivity index (χ1n) is 6.49. The molecule has 1 N–H and O–H groups in total. The van der Waals surface area contributed by atoms with Gasteiger partial charge in [-0.05, 0) is 53.6 Å². The molecule has 1 heterocycles. The van der Waals surface area contributed by atoms with Crippen molar-refractivity contribution in [3.63, 3.8) is 0 Å². The third kappa shape index (κ3) is 3.94. The number of rotatable bonds is 2. The van der Waals surface area contributed by atoms with E-state index in [9.17, 15) is 9.59 Å². The molecule has 0 bridgehead atoms. The molecule has 0 unspecified atom stereocenters. The van der Waals surface area contributed by atoms with E-state index >= 15 is 0 Å². The van der Waals surface area contributed by atoms with Crippen molar-refractivity contribution < 1.29 is 9.59 Å². The molecule has 20 heavy (non-hydrogen) atoms.